The average Bonchev–Trinajstić information content (AvgIpc) is 2.67. The summed E-state index contributed by atoms with van der Waals surface area (Å²) in [5, 5.41) is 9.22. The van der Waals surface area contributed by atoms with E-state index in [-0.39, 0.29) is 5.91 Å². The molecule has 0 aliphatic carbocycles. The maximum absolute atomic E-state index is 12.5. The van der Waals surface area contributed by atoms with Crippen LogP contribution in [0.2, 0.25) is 0 Å². The Kier molecular flexibility index (Phi) is 4.00. The molecule has 2 aliphatic heterocycles. The zero-order valence-corrected chi connectivity index (χ0v) is 11.6. The van der Waals surface area contributed by atoms with Crippen molar-refractivity contribution in [1.82, 2.24) is 10.3 Å². The lowest BCUT2D eigenvalue weighted by Gasteiger charge is -2.33. The number of allylic oxidation sites excluding steroid dienone is 5. The minimum Gasteiger partial charge on any atom is -0.315 e. The fourth-order valence-corrected chi connectivity index (χ4v) is 2.74. The zero-order valence-electron chi connectivity index (χ0n) is 11.6. The van der Waals surface area contributed by atoms with E-state index in [0.717, 1.165) is 24.3 Å². The van der Waals surface area contributed by atoms with Crippen molar-refractivity contribution in [2.45, 2.75) is 19.8 Å². The third-order valence-electron chi connectivity index (χ3n) is 3.76. The topological polar surface area (TPSA) is 44.7 Å². The van der Waals surface area contributed by atoms with Crippen molar-refractivity contribution < 1.29 is 4.79 Å². The van der Waals surface area contributed by atoms with Crippen molar-refractivity contribution in [2.24, 2.45) is 10.5 Å². The van der Waals surface area contributed by atoms with Crippen molar-refractivity contribution in [1.29, 1.82) is 0 Å². The maximum atomic E-state index is 12.5. The van der Waals surface area contributed by atoms with Crippen LogP contribution in [0.5, 0.6) is 0 Å². The predicted octanol–water partition coefficient (Wildman–Crippen LogP) is 1.87. The highest BCUT2D eigenvalue weighted by Crippen LogP contribution is 2.37. The molecule has 2 aliphatic rings. The van der Waals surface area contributed by atoms with E-state index < -0.39 is 5.41 Å². The summed E-state index contributed by atoms with van der Waals surface area (Å²) in [6.07, 6.45) is 9.29. The van der Waals surface area contributed by atoms with Crippen LogP contribution in [-0.4, -0.2) is 36.8 Å². The van der Waals surface area contributed by atoms with Crippen molar-refractivity contribution in [2.75, 3.05) is 20.1 Å². The molecule has 102 valence electrons. The van der Waals surface area contributed by atoms with Crippen molar-refractivity contribution in [3.63, 3.8) is 0 Å². The van der Waals surface area contributed by atoms with Crippen LogP contribution in [0.1, 0.15) is 19.8 Å². The molecule has 1 unspecified atom stereocenters. The Morgan fingerprint density at radius 3 is 3.11 bits per heavy atom. The van der Waals surface area contributed by atoms with Gasteiger partial charge in [0.1, 0.15) is 5.41 Å². The Labute approximate surface area is 114 Å². The number of nitrogens with one attached hydrogen (secondary N) is 1. The lowest BCUT2D eigenvalue weighted by atomic mass is 9.74. The number of hydrogen-bond donors (Lipinski definition) is 1. The molecule has 0 aromatic carbocycles. The van der Waals surface area contributed by atoms with Gasteiger partial charge in [0.05, 0.1) is 5.71 Å². The smallest absolute Gasteiger partial charge is 0.256 e. The van der Waals surface area contributed by atoms with E-state index in [0.29, 0.717) is 13.0 Å². The third kappa shape index (κ3) is 2.40. The van der Waals surface area contributed by atoms with Crippen LogP contribution >= 0.6 is 0 Å². The Balaban J connectivity index is 2.31. The number of fused-ring (bicyclic) bond motifs is 1. The molecule has 19 heavy (non-hydrogen) atoms. The first-order valence-electron chi connectivity index (χ1n) is 6.65. The minimum absolute atomic E-state index is 0.0860. The van der Waals surface area contributed by atoms with E-state index in [1.807, 2.05) is 31.2 Å². The molecular weight excluding hydrogens is 238 g/mol. The van der Waals surface area contributed by atoms with Crippen LogP contribution < -0.4 is 5.32 Å². The van der Waals surface area contributed by atoms with Crippen LogP contribution in [0.15, 0.2) is 41.6 Å². The number of hydrazone groups is 1. The molecule has 1 N–H and O–H groups in total. The first-order valence-corrected chi connectivity index (χ1v) is 6.65. The van der Waals surface area contributed by atoms with Gasteiger partial charge in [-0.05, 0) is 18.9 Å². The fourth-order valence-electron chi connectivity index (χ4n) is 2.74. The van der Waals surface area contributed by atoms with Gasteiger partial charge in [0.15, 0.2) is 0 Å². The molecule has 0 saturated carbocycles. The van der Waals surface area contributed by atoms with Gasteiger partial charge in [0.25, 0.3) is 5.91 Å². The van der Waals surface area contributed by atoms with E-state index in [2.05, 4.69) is 17.0 Å². The molecule has 4 heteroatoms. The Bertz CT molecular complexity index is 476. The second-order valence-corrected chi connectivity index (χ2v) is 5.03. The van der Waals surface area contributed by atoms with Gasteiger partial charge in [-0.15, -0.1) is 0 Å². The number of rotatable bonds is 4. The summed E-state index contributed by atoms with van der Waals surface area (Å²) in [6, 6.07) is 0. The summed E-state index contributed by atoms with van der Waals surface area (Å²) in [6.45, 7) is 7.37. The largest absolute Gasteiger partial charge is 0.315 e. The van der Waals surface area contributed by atoms with Gasteiger partial charge in [-0.25, -0.2) is 5.01 Å². The summed E-state index contributed by atoms with van der Waals surface area (Å²) in [5.74, 6) is 0.0860. The number of carbonyl (C=O) groups excluding carboxylic acids is 1. The number of amides is 1. The SMILES string of the molecule is C=C/C(=C\C=C/C)CC12CNCCC1=NN(C)C2=O. The standard InChI is InChI=1S/C15H21N3O/c1-4-6-7-12(5-2)10-15-11-16-9-8-13(15)17-18(3)14(15)19/h4-7,16H,2,8-11H2,1,3H3/b6-4-,12-7+. The van der Waals surface area contributed by atoms with E-state index in [1.165, 1.54) is 5.01 Å². The molecule has 0 aromatic rings. The van der Waals surface area contributed by atoms with Gasteiger partial charge in [-0.2, -0.15) is 5.10 Å². The monoisotopic (exact) mass is 259 g/mol. The second kappa shape index (κ2) is 5.53. The number of carbonyl (C=O) groups is 1. The van der Waals surface area contributed by atoms with Gasteiger partial charge in [-0.3, -0.25) is 4.79 Å². The third-order valence-corrected chi connectivity index (χ3v) is 3.76. The molecule has 0 aromatic heterocycles. The quantitative estimate of drug-likeness (QED) is 0.783. The summed E-state index contributed by atoms with van der Waals surface area (Å²) in [4.78, 5) is 12.5. The van der Waals surface area contributed by atoms with Crippen LogP contribution in [-0.2, 0) is 4.79 Å². The summed E-state index contributed by atoms with van der Waals surface area (Å²) in [7, 11) is 1.73. The molecule has 1 amide bonds. The molecular formula is C15H21N3O. The van der Waals surface area contributed by atoms with E-state index in [9.17, 15) is 4.79 Å². The van der Waals surface area contributed by atoms with Crippen molar-refractivity contribution in [3.8, 4) is 0 Å². The van der Waals surface area contributed by atoms with Crippen LogP contribution in [0.4, 0.5) is 0 Å². The molecule has 2 rings (SSSR count). The Morgan fingerprint density at radius 1 is 1.63 bits per heavy atom. The maximum Gasteiger partial charge on any atom is 0.256 e. The molecule has 0 spiro atoms. The van der Waals surface area contributed by atoms with Crippen molar-refractivity contribution in [3.05, 3.63) is 36.5 Å². The van der Waals surface area contributed by atoms with Crippen LogP contribution in [0.25, 0.3) is 0 Å². The number of piperidine rings is 1. The van der Waals surface area contributed by atoms with Crippen molar-refractivity contribution >= 4 is 11.6 Å². The van der Waals surface area contributed by atoms with Gasteiger partial charge in [-0.1, -0.05) is 30.9 Å². The molecule has 1 fully saturated rings. The highest BCUT2D eigenvalue weighted by Gasteiger charge is 2.50. The molecule has 0 radical (unpaired) electrons. The molecule has 2 heterocycles. The molecule has 1 saturated heterocycles. The normalized spacial score (nSPS) is 27.7. The van der Waals surface area contributed by atoms with Gasteiger partial charge in [0, 0.05) is 26.6 Å². The Morgan fingerprint density at radius 2 is 2.42 bits per heavy atom. The second-order valence-electron chi connectivity index (χ2n) is 5.03. The average molecular weight is 259 g/mol. The summed E-state index contributed by atoms with van der Waals surface area (Å²) in [5.41, 5.74) is 1.57. The summed E-state index contributed by atoms with van der Waals surface area (Å²) < 4.78 is 0. The predicted molar refractivity (Wildman–Crippen MR) is 77.8 cm³/mol. The first kappa shape index (κ1) is 13.7. The lowest BCUT2D eigenvalue weighted by molar-refractivity contribution is -0.134. The van der Waals surface area contributed by atoms with E-state index in [1.54, 1.807) is 7.05 Å². The summed E-state index contributed by atoms with van der Waals surface area (Å²) >= 11 is 0. The van der Waals surface area contributed by atoms with Gasteiger partial charge >= 0.3 is 0 Å². The highest BCUT2D eigenvalue weighted by atomic mass is 16.2. The minimum atomic E-state index is -0.505. The lowest BCUT2D eigenvalue weighted by Crippen LogP contribution is -2.51. The van der Waals surface area contributed by atoms with E-state index in [4.69, 9.17) is 0 Å². The molecule has 0 bridgehead atoms. The molecule has 4 nitrogen and oxygen atoms in total. The highest BCUT2D eigenvalue weighted by molar-refractivity contribution is 6.13. The zero-order chi connectivity index (χ0) is 13.9. The van der Waals surface area contributed by atoms with Gasteiger partial charge < -0.3 is 5.32 Å². The number of nitrogens with zero attached hydrogens (tertiary/aromatic N) is 2. The molecule has 1 atom stereocenters. The van der Waals surface area contributed by atoms with Gasteiger partial charge in [0.2, 0.25) is 0 Å². The van der Waals surface area contributed by atoms with Crippen LogP contribution in [0.3, 0.4) is 0 Å². The first-order chi connectivity index (χ1) is 9.14. The fraction of sp³-hybridized carbons (Fsp3) is 0.467. The van der Waals surface area contributed by atoms with E-state index >= 15 is 0 Å². The van der Waals surface area contributed by atoms with Crippen LogP contribution in [0, 0.1) is 5.41 Å². The number of hydrogen-bond acceptors (Lipinski definition) is 3. The Hall–Kier alpha value is -1.68.